The lowest BCUT2D eigenvalue weighted by Crippen LogP contribution is -2.15. The van der Waals surface area contributed by atoms with Gasteiger partial charge in [-0.1, -0.05) is 137 Å². The van der Waals surface area contributed by atoms with Crippen molar-refractivity contribution in [2.24, 2.45) is 11.8 Å². The van der Waals surface area contributed by atoms with E-state index < -0.39 is 11.9 Å². The van der Waals surface area contributed by atoms with E-state index in [1.54, 1.807) is 0 Å². The standard InChI is InChI=1S/C66H74O4/c1-3-5-11-45-17-21-47(22-18-45)49-25-29-51(30-26-49)53-33-37-57(38-34-53)65(67)69-61-43-41-55-13-7-9-15-59(55)63(61)64-60-16-10-8-14-56(60)42-44-62(64)70-66(68)58-39-35-54(36-40-58)52-31-27-50(28-32-52)48-23-19-46(20-24-48)12-6-4-2/h25-48H,3-24H2,1-2H3. The molecule has 4 heteroatoms. The largest absolute Gasteiger partial charge is 0.422 e. The number of ether oxygens (including phenoxy) is 2. The summed E-state index contributed by atoms with van der Waals surface area (Å²) in [5.41, 5.74) is 15.1. The minimum absolute atomic E-state index is 0.392. The topological polar surface area (TPSA) is 52.6 Å². The van der Waals surface area contributed by atoms with Crippen LogP contribution in [0.1, 0.15) is 195 Å². The number of rotatable bonds is 15. The smallest absolute Gasteiger partial charge is 0.343 e. The predicted molar refractivity (Wildman–Crippen MR) is 287 cm³/mol. The van der Waals surface area contributed by atoms with Gasteiger partial charge in [0, 0.05) is 11.1 Å². The zero-order valence-corrected chi connectivity index (χ0v) is 42.0. The molecule has 2 fully saturated rings. The first-order valence-electron chi connectivity index (χ1n) is 27.6. The molecule has 0 aromatic heterocycles. The number of fused-ring (bicyclic) bond motifs is 2. The van der Waals surface area contributed by atoms with E-state index in [1.807, 2.05) is 60.7 Å². The quantitative estimate of drug-likeness (QED) is 0.0760. The van der Waals surface area contributed by atoms with Gasteiger partial charge in [0.2, 0.25) is 0 Å². The highest BCUT2D eigenvalue weighted by atomic mass is 16.5. The Morgan fingerprint density at radius 1 is 0.414 bits per heavy atom. The van der Waals surface area contributed by atoms with Crippen molar-refractivity contribution in [3.63, 3.8) is 0 Å². The highest BCUT2D eigenvalue weighted by molar-refractivity contribution is 5.96. The summed E-state index contributed by atoms with van der Waals surface area (Å²) < 4.78 is 13.0. The normalized spacial score (nSPS) is 20.0. The van der Waals surface area contributed by atoms with Gasteiger partial charge in [-0.3, -0.25) is 0 Å². The average molecular weight is 931 g/mol. The molecule has 70 heavy (non-hydrogen) atoms. The Morgan fingerprint density at radius 2 is 0.757 bits per heavy atom. The number of aryl methyl sites for hydroxylation is 2. The van der Waals surface area contributed by atoms with Gasteiger partial charge in [0.1, 0.15) is 11.5 Å². The average Bonchev–Trinajstić information content (AvgIpc) is 3.42. The third-order valence-corrected chi connectivity index (χ3v) is 16.9. The van der Waals surface area contributed by atoms with Gasteiger partial charge in [0.05, 0.1) is 11.1 Å². The second-order valence-corrected chi connectivity index (χ2v) is 21.5. The summed E-state index contributed by atoms with van der Waals surface area (Å²) in [6.07, 6.45) is 26.7. The van der Waals surface area contributed by atoms with Crippen LogP contribution in [-0.4, -0.2) is 11.9 Å². The summed E-state index contributed by atoms with van der Waals surface area (Å²) in [5.74, 6) is 3.39. The van der Waals surface area contributed by atoms with E-state index in [2.05, 4.69) is 74.5 Å². The van der Waals surface area contributed by atoms with Crippen molar-refractivity contribution in [1.82, 2.24) is 0 Å². The van der Waals surface area contributed by atoms with Gasteiger partial charge in [-0.05, 0) is 218 Å². The number of esters is 2. The Bertz CT molecular complexity index is 2520. The van der Waals surface area contributed by atoms with Gasteiger partial charge in [0.25, 0.3) is 0 Å². The maximum absolute atomic E-state index is 14.2. The van der Waals surface area contributed by atoms with Crippen molar-refractivity contribution in [2.75, 3.05) is 0 Å². The molecule has 0 unspecified atom stereocenters. The van der Waals surface area contributed by atoms with Crippen molar-refractivity contribution in [2.45, 2.75) is 167 Å². The molecule has 0 saturated heterocycles. The van der Waals surface area contributed by atoms with E-state index in [4.69, 9.17) is 9.47 Å². The molecular weight excluding hydrogens is 857 g/mol. The number of carbonyl (C=O) groups excluding carboxylic acids is 2. The zero-order valence-electron chi connectivity index (χ0n) is 42.0. The van der Waals surface area contributed by atoms with Gasteiger partial charge >= 0.3 is 11.9 Å². The maximum Gasteiger partial charge on any atom is 0.343 e. The van der Waals surface area contributed by atoms with Gasteiger partial charge < -0.3 is 9.47 Å². The van der Waals surface area contributed by atoms with E-state index in [0.29, 0.717) is 34.5 Å². The van der Waals surface area contributed by atoms with E-state index in [1.165, 1.54) is 123 Å². The fraction of sp³-hybridized carbons (Fsp3) is 0.424. The molecule has 0 aliphatic heterocycles. The van der Waals surface area contributed by atoms with E-state index in [9.17, 15) is 9.59 Å². The van der Waals surface area contributed by atoms with E-state index in [0.717, 1.165) is 96.6 Å². The SMILES string of the molecule is CCCCC1CCC(c2ccc(-c3ccc(C(=O)Oc4ccc5c(c4-c4c(OC(=O)c6ccc(-c7ccc(C8CCC(CCCC)CC8)cc7)cc6)ccc6c4CCCC6)CCCC5)cc3)cc2)CC1. The molecule has 4 aliphatic rings. The number of hydrogen-bond acceptors (Lipinski definition) is 4. The van der Waals surface area contributed by atoms with Crippen LogP contribution in [-0.2, 0) is 25.7 Å². The summed E-state index contributed by atoms with van der Waals surface area (Å²) in [6, 6.07) is 42.1. The third kappa shape index (κ3) is 10.9. The van der Waals surface area contributed by atoms with Crippen LogP contribution in [0.3, 0.4) is 0 Å². The van der Waals surface area contributed by atoms with Crippen LogP contribution in [0.2, 0.25) is 0 Å². The van der Waals surface area contributed by atoms with Crippen LogP contribution in [0.5, 0.6) is 11.5 Å². The molecule has 0 amide bonds. The number of carbonyl (C=O) groups is 2. The van der Waals surface area contributed by atoms with Crippen LogP contribution in [0.25, 0.3) is 33.4 Å². The second kappa shape index (κ2) is 22.6. The van der Waals surface area contributed by atoms with Crippen LogP contribution in [0, 0.1) is 11.8 Å². The molecular formula is C66H74O4. The molecule has 6 aromatic rings. The molecule has 0 atom stereocenters. The summed E-state index contributed by atoms with van der Waals surface area (Å²) >= 11 is 0. The Labute approximate surface area is 418 Å². The van der Waals surface area contributed by atoms with Crippen LogP contribution in [0.15, 0.2) is 121 Å². The number of unbranched alkanes of at least 4 members (excludes halogenated alkanes) is 2. The first kappa shape index (κ1) is 47.9. The van der Waals surface area contributed by atoms with Gasteiger partial charge in [-0.2, -0.15) is 0 Å². The van der Waals surface area contributed by atoms with Crippen molar-refractivity contribution < 1.29 is 19.1 Å². The number of hydrogen-bond donors (Lipinski definition) is 0. The van der Waals surface area contributed by atoms with E-state index in [-0.39, 0.29) is 0 Å². The molecule has 0 N–H and O–H groups in total. The minimum Gasteiger partial charge on any atom is -0.422 e. The van der Waals surface area contributed by atoms with Crippen LogP contribution in [0.4, 0.5) is 0 Å². The monoisotopic (exact) mass is 931 g/mol. The molecule has 362 valence electrons. The highest BCUT2D eigenvalue weighted by Crippen LogP contribution is 2.48. The molecule has 0 spiro atoms. The molecule has 4 nitrogen and oxygen atoms in total. The second-order valence-electron chi connectivity index (χ2n) is 21.5. The first-order chi connectivity index (χ1) is 34.4. The Morgan fingerprint density at radius 3 is 1.11 bits per heavy atom. The summed E-state index contributed by atoms with van der Waals surface area (Å²) in [6.45, 7) is 4.59. The summed E-state index contributed by atoms with van der Waals surface area (Å²) in [5, 5.41) is 0. The van der Waals surface area contributed by atoms with Crippen LogP contribution < -0.4 is 9.47 Å². The molecule has 0 bridgehead atoms. The molecule has 6 aromatic carbocycles. The van der Waals surface area contributed by atoms with Crippen molar-refractivity contribution in [1.29, 1.82) is 0 Å². The third-order valence-electron chi connectivity index (χ3n) is 16.9. The predicted octanol–water partition coefficient (Wildman–Crippen LogP) is 17.8. The number of benzene rings is 6. The first-order valence-corrected chi connectivity index (χ1v) is 27.6. The van der Waals surface area contributed by atoms with Gasteiger partial charge in [-0.15, -0.1) is 0 Å². The fourth-order valence-electron chi connectivity index (χ4n) is 12.7. The lowest BCUT2D eigenvalue weighted by Gasteiger charge is -2.29. The highest BCUT2D eigenvalue weighted by Gasteiger charge is 2.29. The fourth-order valence-corrected chi connectivity index (χ4v) is 12.7. The van der Waals surface area contributed by atoms with Gasteiger partial charge in [-0.25, -0.2) is 9.59 Å². The molecule has 4 aliphatic carbocycles. The van der Waals surface area contributed by atoms with E-state index >= 15 is 0 Å². The lowest BCUT2D eigenvalue weighted by atomic mass is 9.77. The zero-order chi connectivity index (χ0) is 47.8. The van der Waals surface area contributed by atoms with Crippen molar-refractivity contribution >= 4 is 11.9 Å². The summed E-state index contributed by atoms with van der Waals surface area (Å²) in [7, 11) is 0. The maximum atomic E-state index is 14.2. The molecule has 2 saturated carbocycles. The molecule has 0 heterocycles. The van der Waals surface area contributed by atoms with Gasteiger partial charge in [0.15, 0.2) is 0 Å². The van der Waals surface area contributed by atoms with Crippen LogP contribution >= 0.6 is 0 Å². The van der Waals surface area contributed by atoms with Crippen molar-refractivity contribution in [3.05, 3.63) is 166 Å². The Hall–Kier alpha value is -5.74. The Balaban J connectivity index is 0.860. The minimum atomic E-state index is -0.392. The molecule has 10 rings (SSSR count). The lowest BCUT2D eigenvalue weighted by molar-refractivity contribution is 0.0723. The van der Waals surface area contributed by atoms with Crippen molar-refractivity contribution in [3.8, 4) is 44.9 Å². The summed E-state index contributed by atoms with van der Waals surface area (Å²) in [4.78, 5) is 28.4. The Kier molecular flexibility index (Phi) is 15.4. The molecule has 0 radical (unpaired) electrons.